The molecule has 0 aromatic heterocycles. The van der Waals surface area contributed by atoms with Crippen LogP contribution in [0.3, 0.4) is 0 Å². The molecule has 3 rings (SSSR count). The zero-order valence-corrected chi connectivity index (χ0v) is 17.9. The van der Waals surface area contributed by atoms with Crippen molar-refractivity contribution in [1.29, 1.82) is 0 Å². The Kier molecular flexibility index (Phi) is 11.7. The molecule has 4 nitrogen and oxygen atoms in total. The first kappa shape index (κ1) is 24.9. The van der Waals surface area contributed by atoms with Gasteiger partial charge < -0.3 is 39.6 Å². The van der Waals surface area contributed by atoms with E-state index >= 15 is 0 Å². The van der Waals surface area contributed by atoms with E-state index in [0.717, 1.165) is 51.3 Å². The molecule has 2 aromatic carbocycles. The zero-order valence-electron chi connectivity index (χ0n) is 18.4. The van der Waals surface area contributed by atoms with Crippen LogP contribution in [-0.2, 0) is 4.74 Å². The Balaban J connectivity index is 0. The van der Waals surface area contributed by atoms with E-state index in [2.05, 4.69) is 34.1 Å². The number of ether oxygens (including phenoxy) is 1. The van der Waals surface area contributed by atoms with Gasteiger partial charge in [0.1, 0.15) is 0 Å². The normalized spacial score (nSPS) is 17.2. The summed E-state index contributed by atoms with van der Waals surface area (Å²) in [5.74, 6) is 0. The van der Waals surface area contributed by atoms with E-state index in [-0.39, 0.29) is 39.9 Å². The van der Waals surface area contributed by atoms with E-state index in [1.165, 1.54) is 5.56 Å². The van der Waals surface area contributed by atoms with Gasteiger partial charge in [0.15, 0.2) is 0 Å². The number of methoxy groups -OCH3 is 1. The molecule has 0 radical (unpaired) electrons. The highest BCUT2D eigenvalue weighted by Crippen LogP contribution is 2.20. The van der Waals surface area contributed by atoms with Crippen LogP contribution in [0.4, 0.5) is 0 Å². The maximum absolute atomic E-state index is 10.3. The third kappa shape index (κ3) is 7.36. The fraction of sp³-hybridized carbons (Fsp3) is 0.455. The predicted octanol–water partition coefficient (Wildman–Crippen LogP) is -2.65. The molecule has 0 bridgehead atoms. The molecule has 1 heterocycles. The van der Waals surface area contributed by atoms with E-state index in [1.807, 2.05) is 36.4 Å². The van der Waals surface area contributed by atoms with Crippen molar-refractivity contribution < 1.29 is 37.5 Å². The van der Waals surface area contributed by atoms with Gasteiger partial charge >= 0.3 is 2.85 Å². The third-order valence-electron chi connectivity index (χ3n) is 5.25. The first-order valence-electron chi connectivity index (χ1n) is 9.51. The van der Waals surface area contributed by atoms with Crippen LogP contribution < -0.4 is 24.8 Å². The van der Waals surface area contributed by atoms with Crippen LogP contribution in [-0.4, -0.2) is 61.3 Å². The highest BCUT2D eigenvalue weighted by Gasteiger charge is 2.21. The molecule has 1 fully saturated rings. The van der Waals surface area contributed by atoms with Gasteiger partial charge in [-0.2, -0.15) is 0 Å². The Morgan fingerprint density at radius 2 is 1.36 bits per heavy atom. The van der Waals surface area contributed by atoms with Crippen molar-refractivity contribution in [3.8, 4) is 0 Å². The molecule has 2 unspecified atom stereocenters. The number of piperazine rings is 1. The highest BCUT2D eigenvalue weighted by molar-refractivity contribution is 5.18. The SMILES string of the molecule is COC(CN1CCN(CCC(O)c2ccccc2)CC1)c1ccccc1.[Cl-].[Cl-].[H+].[H+]. The summed E-state index contributed by atoms with van der Waals surface area (Å²) in [7, 11) is 1.79. The van der Waals surface area contributed by atoms with Crippen LogP contribution in [0.2, 0.25) is 0 Å². The molecule has 156 valence electrons. The Bertz CT molecular complexity index is 648. The van der Waals surface area contributed by atoms with Crippen molar-refractivity contribution in [1.82, 2.24) is 9.80 Å². The largest absolute Gasteiger partial charge is 1.00 e. The first-order chi connectivity index (χ1) is 12.8. The average molecular weight is 427 g/mol. The minimum Gasteiger partial charge on any atom is -1.00 e. The van der Waals surface area contributed by atoms with Crippen molar-refractivity contribution in [2.45, 2.75) is 18.6 Å². The fourth-order valence-corrected chi connectivity index (χ4v) is 3.56. The maximum Gasteiger partial charge on any atom is 1.00 e. The number of nitrogens with zero attached hydrogens (tertiary/aromatic N) is 2. The van der Waals surface area contributed by atoms with E-state index in [0.29, 0.717) is 0 Å². The van der Waals surface area contributed by atoms with E-state index in [4.69, 9.17) is 4.74 Å². The molecule has 1 aliphatic heterocycles. The van der Waals surface area contributed by atoms with Crippen LogP contribution >= 0.6 is 0 Å². The molecule has 6 heteroatoms. The van der Waals surface area contributed by atoms with Crippen LogP contribution in [0.25, 0.3) is 0 Å². The van der Waals surface area contributed by atoms with Crippen molar-refractivity contribution in [3.63, 3.8) is 0 Å². The Morgan fingerprint density at radius 3 is 1.89 bits per heavy atom. The number of aliphatic hydroxyl groups excluding tert-OH is 1. The molecule has 0 spiro atoms. The van der Waals surface area contributed by atoms with Crippen LogP contribution in [0.1, 0.15) is 32.6 Å². The lowest BCUT2D eigenvalue weighted by Crippen LogP contribution is -3.00. The molecular formula is C22H32Cl2N2O2. The smallest absolute Gasteiger partial charge is 1.00 e. The van der Waals surface area contributed by atoms with Gasteiger partial charge in [0.2, 0.25) is 0 Å². The molecule has 1 saturated heterocycles. The molecule has 1 aliphatic rings. The van der Waals surface area contributed by atoms with Crippen LogP contribution in [0.5, 0.6) is 0 Å². The van der Waals surface area contributed by atoms with Crippen molar-refractivity contribution in [2.24, 2.45) is 0 Å². The fourth-order valence-electron chi connectivity index (χ4n) is 3.56. The second-order valence-corrected chi connectivity index (χ2v) is 6.99. The molecule has 28 heavy (non-hydrogen) atoms. The van der Waals surface area contributed by atoms with E-state index in [9.17, 15) is 5.11 Å². The number of hydrogen-bond donors (Lipinski definition) is 1. The Morgan fingerprint density at radius 1 is 0.857 bits per heavy atom. The lowest BCUT2D eigenvalue weighted by Gasteiger charge is -2.36. The van der Waals surface area contributed by atoms with Gasteiger partial charge in [-0.25, -0.2) is 0 Å². The molecule has 0 amide bonds. The van der Waals surface area contributed by atoms with E-state index in [1.54, 1.807) is 7.11 Å². The van der Waals surface area contributed by atoms with Crippen LogP contribution in [0.15, 0.2) is 60.7 Å². The van der Waals surface area contributed by atoms with Crippen molar-refractivity contribution in [3.05, 3.63) is 71.8 Å². The Hall–Kier alpha value is -1.14. The summed E-state index contributed by atoms with van der Waals surface area (Å²) in [6, 6.07) is 20.4. The summed E-state index contributed by atoms with van der Waals surface area (Å²) in [5.41, 5.74) is 2.25. The van der Waals surface area contributed by atoms with Gasteiger partial charge in [-0.1, -0.05) is 60.7 Å². The summed E-state index contributed by atoms with van der Waals surface area (Å²) in [4.78, 5) is 4.93. The summed E-state index contributed by atoms with van der Waals surface area (Å²) >= 11 is 0. The number of rotatable bonds is 8. The molecular weight excluding hydrogens is 395 g/mol. The van der Waals surface area contributed by atoms with Crippen molar-refractivity contribution >= 4 is 0 Å². The predicted molar refractivity (Wildman–Crippen MR) is 107 cm³/mol. The number of aliphatic hydroxyl groups is 1. The lowest BCUT2D eigenvalue weighted by atomic mass is 10.1. The van der Waals surface area contributed by atoms with Crippen LogP contribution in [0, 0.1) is 0 Å². The van der Waals surface area contributed by atoms with Gasteiger partial charge in [0.05, 0.1) is 12.2 Å². The second-order valence-electron chi connectivity index (χ2n) is 6.99. The molecule has 2 aromatic rings. The van der Waals surface area contributed by atoms with Gasteiger partial charge in [0.25, 0.3) is 0 Å². The monoisotopic (exact) mass is 426 g/mol. The molecule has 0 saturated carbocycles. The summed E-state index contributed by atoms with van der Waals surface area (Å²) in [5, 5.41) is 10.3. The Labute approximate surface area is 184 Å². The summed E-state index contributed by atoms with van der Waals surface area (Å²) in [6.45, 7) is 6.07. The topological polar surface area (TPSA) is 35.9 Å². The van der Waals surface area contributed by atoms with Crippen molar-refractivity contribution in [2.75, 3.05) is 46.4 Å². The van der Waals surface area contributed by atoms with E-state index < -0.39 is 0 Å². The number of halogens is 2. The van der Waals surface area contributed by atoms with Gasteiger partial charge in [-0.3, -0.25) is 4.90 Å². The van der Waals surface area contributed by atoms with Gasteiger partial charge in [0, 0.05) is 46.4 Å². The molecule has 1 N–H and O–H groups in total. The molecule has 2 atom stereocenters. The quantitative estimate of drug-likeness (QED) is 0.500. The molecule has 0 aliphatic carbocycles. The minimum atomic E-state index is -0.370. The summed E-state index contributed by atoms with van der Waals surface area (Å²) in [6.07, 6.45) is 0.544. The number of hydrogen-bond acceptors (Lipinski definition) is 4. The highest BCUT2D eigenvalue weighted by atomic mass is 35.5. The average Bonchev–Trinajstić information content (AvgIpc) is 2.72. The first-order valence-corrected chi connectivity index (χ1v) is 9.51. The lowest BCUT2D eigenvalue weighted by molar-refractivity contribution is -0.001000. The van der Waals surface area contributed by atoms with Gasteiger partial charge in [-0.15, -0.1) is 0 Å². The maximum atomic E-state index is 10.3. The second kappa shape index (κ2) is 13.2. The standard InChI is InChI=1S/C22H30N2O2.2ClH/c1-26-22(20-10-6-3-7-11-20)18-24-16-14-23(15-17-24)13-12-21(25)19-8-4-2-5-9-19;;/h2-11,21-22,25H,12-18H2,1H3;2*1H. The summed E-state index contributed by atoms with van der Waals surface area (Å²) < 4.78 is 5.71. The third-order valence-corrected chi connectivity index (χ3v) is 5.25. The minimum absolute atomic E-state index is 0. The zero-order chi connectivity index (χ0) is 18.2. The van der Waals surface area contributed by atoms with Gasteiger partial charge in [-0.05, 0) is 17.5 Å². The number of benzene rings is 2.